The van der Waals surface area contributed by atoms with E-state index in [1.807, 2.05) is 41.3 Å². The predicted octanol–water partition coefficient (Wildman–Crippen LogP) is 4.38. The summed E-state index contributed by atoms with van der Waals surface area (Å²) in [6, 6.07) is 13.0. The Bertz CT molecular complexity index is 1150. The highest BCUT2D eigenvalue weighted by molar-refractivity contribution is 6.31. The van der Waals surface area contributed by atoms with E-state index in [2.05, 4.69) is 15.3 Å². The zero-order chi connectivity index (χ0) is 21.4. The molecule has 1 aliphatic heterocycles. The number of fused-ring (bicyclic) bond motifs is 1. The highest BCUT2D eigenvalue weighted by Crippen LogP contribution is 2.46. The standard InChI is InChI=1S/C24H23ClN4O2/c25-16-3-1-4-18(15-16)29-14-11-24(23(29)31)9-7-17(8-10-24)28-22(30)19-5-2-6-20-21(19)27-13-12-26-20/h1-6,12-13,15,17H,7-11,14H2,(H,28,30)/t17-,24-. The molecular formula is C24H23ClN4O2. The molecule has 2 aromatic carbocycles. The first-order chi connectivity index (χ1) is 15.1. The molecule has 7 heteroatoms. The number of benzene rings is 2. The van der Waals surface area contributed by atoms with Crippen LogP contribution in [0.4, 0.5) is 5.69 Å². The van der Waals surface area contributed by atoms with Crippen molar-refractivity contribution in [2.24, 2.45) is 5.41 Å². The summed E-state index contributed by atoms with van der Waals surface area (Å²) in [5.74, 6) is 0.0502. The number of aromatic nitrogens is 2. The Morgan fingerprint density at radius 1 is 1.06 bits per heavy atom. The van der Waals surface area contributed by atoms with Crippen LogP contribution in [-0.4, -0.2) is 34.4 Å². The van der Waals surface area contributed by atoms with Gasteiger partial charge in [0.05, 0.1) is 16.5 Å². The molecule has 1 spiro atoms. The molecule has 0 unspecified atom stereocenters. The van der Waals surface area contributed by atoms with Gasteiger partial charge < -0.3 is 10.2 Å². The van der Waals surface area contributed by atoms with E-state index in [4.69, 9.17) is 11.6 Å². The van der Waals surface area contributed by atoms with Gasteiger partial charge >= 0.3 is 0 Å². The van der Waals surface area contributed by atoms with Gasteiger partial charge in [-0.2, -0.15) is 0 Å². The van der Waals surface area contributed by atoms with Crippen LogP contribution in [0.1, 0.15) is 42.5 Å². The fraction of sp³-hybridized carbons (Fsp3) is 0.333. The summed E-state index contributed by atoms with van der Waals surface area (Å²) in [7, 11) is 0. The minimum atomic E-state index is -0.325. The number of para-hydroxylation sites is 1. The largest absolute Gasteiger partial charge is 0.349 e. The molecule has 1 N–H and O–H groups in total. The average Bonchev–Trinajstić information content (AvgIpc) is 3.10. The maximum absolute atomic E-state index is 13.3. The van der Waals surface area contributed by atoms with Crippen molar-refractivity contribution in [3.05, 3.63) is 65.4 Å². The Labute approximate surface area is 185 Å². The zero-order valence-electron chi connectivity index (χ0n) is 17.1. The SMILES string of the molecule is O=C(N[C@H]1CC[C@@]2(CCN(c3cccc(Cl)c3)C2=O)CC1)c1cccc2nccnc12. The van der Waals surface area contributed by atoms with Gasteiger partial charge in [0, 0.05) is 35.7 Å². The zero-order valence-corrected chi connectivity index (χ0v) is 17.8. The lowest BCUT2D eigenvalue weighted by atomic mass is 9.71. The lowest BCUT2D eigenvalue weighted by Crippen LogP contribution is -2.44. The number of halogens is 1. The molecule has 2 aliphatic rings. The number of nitrogens with one attached hydrogen (secondary N) is 1. The third-order valence-electron chi connectivity index (χ3n) is 6.65. The summed E-state index contributed by atoms with van der Waals surface area (Å²) >= 11 is 6.12. The molecule has 31 heavy (non-hydrogen) atoms. The fourth-order valence-electron chi connectivity index (χ4n) is 4.93. The number of rotatable bonds is 3. The van der Waals surface area contributed by atoms with Gasteiger partial charge in [0.25, 0.3) is 5.91 Å². The summed E-state index contributed by atoms with van der Waals surface area (Å²) in [6.45, 7) is 0.713. The lowest BCUT2D eigenvalue weighted by Gasteiger charge is -2.36. The smallest absolute Gasteiger partial charge is 0.253 e. The second-order valence-electron chi connectivity index (χ2n) is 8.44. The van der Waals surface area contributed by atoms with Gasteiger partial charge in [-0.15, -0.1) is 0 Å². The quantitative estimate of drug-likeness (QED) is 0.663. The average molecular weight is 435 g/mol. The van der Waals surface area contributed by atoms with Crippen molar-refractivity contribution in [1.82, 2.24) is 15.3 Å². The van der Waals surface area contributed by atoms with Crippen LogP contribution in [0.5, 0.6) is 0 Å². The highest BCUT2D eigenvalue weighted by Gasteiger charge is 2.48. The molecule has 5 rings (SSSR count). The van der Waals surface area contributed by atoms with E-state index in [1.165, 1.54) is 0 Å². The van der Waals surface area contributed by atoms with Gasteiger partial charge in [-0.25, -0.2) is 0 Å². The van der Waals surface area contributed by atoms with E-state index in [0.717, 1.165) is 37.8 Å². The van der Waals surface area contributed by atoms with Crippen molar-refractivity contribution in [3.63, 3.8) is 0 Å². The topological polar surface area (TPSA) is 75.2 Å². The molecule has 1 saturated heterocycles. The number of anilines is 1. The summed E-state index contributed by atoms with van der Waals surface area (Å²) in [5, 5.41) is 3.78. The molecule has 158 valence electrons. The maximum Gasteiger partial charge on any atom is 0.253 e. The molecule has 1 saturated carbocycles. The Balaban J connectivity index is 1.25. The number of hydrogen-bond acceptors (Lipinski definition) is 4. The van der Waals surface area contributed by atoms with E-state index in [0.29, 0.717) is 28.2 Å². The van der Waals surface area contributed by atoms with Crippen LogP contribution >= 0.6 is 11.6 Å². The van der Waals surface area contributed by atoms with Crippen molar-refractivity contribution in [2.75, 3.05) is 11.4 Å². The van der Waals surface area contributed by atoms with Gasteiger partial charge in [-0.3, -0.25) is 19.6 Å². The number of carbonyl (C=O) groups is 2. The highest BCUT2D eigenvalue weighted by atomic mass is 35.5. The Morgan fingerprint density at radius 3 is 2.65 bits per heavy atom. The first kappa shape index (κ1) is 19.9. The number of carbonyl (C=O) groups excluding carboxylic acids is 2. The molecule has 3 aromatic rings. The van der Waals surface area contributed by atoms with E-state index in [1.54, 1.807) is 18.5 Å². The van der Waals surface area contributed by atoms with Crippen LogP contribution < -0.4 is 10.2 Å². The summed E-state index contributed by atoms with van der Waals surface area (Å²) in [6.07, 6.45) is 7.20. The van der Waals surface area contributed by atoms with E-state index in [9.17, 15) is 9.59 Å². The monoisotopic (exact) mass is 434 g/mol. The third kappa shape index (κ3) is 3.65. The van der Waals surface area contributed by atoms with Crippen LogP contribution in [0, 0.1) is 5.41 Å². The van der Waals surface area contributed by atoms with Crippen molar-refractivity contribution >= 4 is 40.1 Å². The molecule has 2 heterocycles. The molecule has 2 fully saturated rings. The van der Waals surface area contributed by atoms with Crippen molar-refractivity contribution in [1.29, 1.82) is 0 Å². The number of hydrogen-bond donors (Lipinski definition) is 1. The van der Waals surface area contributed by atoms with Gasteiger partial charge in [0.1, 0.15) is 5.52 Å². The van der Waals surface area contributed by atoms with Crippen LogP contribution in [0.15, 0.2) is 54.9 Å². The fourth-order valence-corrected chi connectivity index (χ4v) is 5.11. The normalized spacial score (nSPS) is 23.5. The van der Waals surface area contributed by atoms with Crippen LogP contribution in [0.3, 0.4) is 0 Å². The van der Waals surface area contributed by atoms with Gasteiger partial charge in [0.2, 0.25) is 5.91 Å². The van der Waals surface area contributed by atoms with Crippen molar-refractivity contribution in [3.8, 4) is 0 Å². The number of nitrogens with zero attached hydrogens (tertiary/aromatic N) is 3. The van der Waals surface area contributed by atoms with Crippen LogP contribution in [-0.2, 0) is 4.79 Å². The number of amides is 2. The minimum absolute atomic E-state index is 0.0538. The Kier molecular flexibility index (Phi) is 5.10. The van der Waals surface area contributed by atoms with E-state index in [-0.39, 0.29) is 23.3 Å². The summed E-state index contributed by atoms with van der Waals surface area (Å²) in [5.41, 5.74) is 2.39. The first-order valence-electron chi connectivity index (χ1n) is 10.6. The minimum Gasteiger partial charge on any atom is -0.349 e. The maximum atomic E-state index is 13.3. The molecule has 0 bridgehead atoms. The van der Waals surface area contributed by atoms with E-state index >= 15 is 0 Å². The van der Waals surface area contributed by atoms with Crippen molar-refractivity contribution in [2.45, 2.75) is 38.1 Å². The van der Waals surface area contributed by atoms with E-state index < -0.39 is 0 Å². The molecule has 0 atom stereocenters. The molecule has 0 radical (unpaired) electrons. The molecule has 1 aromatic heterocycles. The second kappa shape index (κ2) is 7.93. The van der Waals surface area contributed by atoms with Crippen LogP contribution in [0.2, 0.25) is 5.02 Å². The van der Waals surface area contributed by atoms with Gasteiger partial charge in [-0.05, 0) is 62.4 Å². The van der Waals surface area contributed by atoms with Crippen molar-refractivity contribution < 1.29 is 9.59 Å². The Hall–Kier alpha value is -2.99. The molecular weight excluding hydrogens is 412 g/mol. The van der Waals surface area contributed by atoms with Gasteiger partial charge in [0.15, 0.2) is 0 Å². The first-order valence-corrected chi connectivity index (χ1v) is 11.0. The molecule has 6 nitrogen and oxygen atoms in total. The van der Waals surface area contributed by atoms with Crippen LogP contribution in [0.25, 0.3) is 11.0 Å². The molecule has 2 amide bonds. The summed E-state index contributed by atoms with van der Waals surface area (Å²) in [4.78, 5) is 36.6. The third-order valence-corrected chi connectivity index (χ3v) is 6.89. The summed E-state index contributed by atoms with van der Waals surface area (Å²) < 4.78 is 0. The van der Waals surface area contributed by atoms with Gasteiger partial charge in [-0.1, -0.05) is 23.7 Å². The predicted molar refractivity (Wildman–Crippen MR) is 120 cm³/mol. The lowest BCUT2D eigenvalue weighted by molar-refractivity contribution is -0.127. The Morgan fingerprint density at radius 2 is 1.84 bits per heavy atom. The second-order valence-corrected chi connectivity index (χ2v) is 8.88. The molecule has 1 aliphatic carbocycles.